The molecule has 0 saturated heterocycles. The Kier molecular flexibility index (Phi) is 6.25. The van der Waals surface area contributed by atoms with Gasteiger partial charge in [0.25, 0.3) is 0 Å². The highest BCUT2D eigenvalue weighted by molar-refractivity contribution is 5.24. The normalized spacial score (nSPS) is 13.7. The summed E-state index contributed by atoms with van der Waals surface area (Å²) in [7, 11) is 0. The second-order valence-corrected chi connectivity index (χ2v) is 7.34. The van der Waals surface area contributed by atoms with Crippen LogP contribution in [0.25, 0.3) is 0 Å². The summed E-state index contributed by atoms with van der Waals surface area (Å²) in [5.41, 5.74) is 4.11. The number of hydrogen-bond acceptors (Lipinski definition) is 1. The van der Waals surface area contributed by atoms with Crippen molar-refractivity contribution in [1.82, 2.24) is 4.90 Å². The Morgan fingerprint density at radius 2 is 1.08 bits per heavy atom. The Morgan fingerprint density at radius 1 is 0.615 bits per heavy atom. The summed E-state index contributed by atoms with van der Waals surface area (Å²) in [5, 5.41) is 0. The average molecular weight is 344 g/mol. The molecule has 0 N–H and O–H groups in total. The molecule has 0 saturated carbocycles. The van der Waals surface area contributed by atoms with E-state index in [1.54, 1.807) is 0 Å². The predicted octanol–water partition coefficient (Wildman–Crippen LogP) is 6.65. The van der Waals surface area contributed by atoms with Crippen molar-refractivity contribution in [3.63, 3.8) is 0 Å². The van der Waals surface area contributed by atoms with Gasteiger partial charge in [0.1, 0.15) is 0 Å². The minimum absolute atomic E-state index is 0.337. The molecule has 0 heterocycles. The molecular formula is C25H29N. The maximum Gasteiger partial charge on any atom is 0.0380 e. The molecule has 0 radical (unpaired) electrons. The van der Waals surface area contributed by atoms with E-state index < -0.39 is 0 Å². The maximum atomic E-state index is 2.64. The second kappa shape index (κ2) is 8.82. The molecule has 0 unspecified atom stereocenters. The molecule has 0 bridgehead atoms. The standard InChI is InChI=1S/C25H29N/c1-20(2)25(24-17-11-6-12-18-24)26(19-22-13-7-4-8-14-22)21(3)23-15-9-5-10-16-23/h4-18,20-21,25H,19H2,1-3H3/t21-,25+/m1/s1. The molecule has 0 spiro atoms. The summed E-state index contributed by atoms with van der Waals surface area (Å²) in [6.07, 6.45) is 0. The fourth-order valence-electron chi connectivity index (χ4n) is 3.80. The molecule has 26 heavy (non-hydrogen) atoms. The van der Waals surface area contributed by atoms with Gasteiger partial charge in [0.15, 0.2) is 0 Å². The summed E-state index contributed by atoms with van der Waals surface area (Å²) in [6, 6.07) is 33.3. The van der Waals surface area contributed by atoms with Gasteiger partial charge in [-0.3, -0.25) is 4.90 Å². The monoisotopic (exact) mass is 343 g/mol. The lowest BCUT2D eigenvalue weighted by molar-refractivity contribution is 0.0999. The highest BCUT2D eigenvalue weighted by atomic mass is 15.2. The van der Waals surface area contributed by atoms with Gasteiger partial charge in [-0.2, -0.15) is 0 Å². The maximum absolute atomic E-state index is 2.64. The topological polar surface area (TPSA) is 3.24 Å². The van der Waals surface area contributed by atoms with E-state index in [-0.39, 0.29) is 0 Å². The fraction of sp³-hybridized carbons (Fsp3) is 0.280. The Hall–Kier alpha value is -2.38. The van der Waals surface area contributed by atoms with E-state index >= 15 is 0 Å². The highest BCUT2D eigenvalue weighted by Gasteiger charge is 2.28. The van der Waals surface area contributed by atoms with Crippen molar-refractivity contribution >= 4 is 0 Å². The molecule has 3 aromatic carbocycles. The molecule has 0 aliphatic rings. The van der Waals surface area contributed by atoms with Gasteiger partial charge >= 0.3 is 0 Å². The van der Waals surface area contributed by atoms with Crippen LogP contribution >= 0.6 is 0 Å². The van der Waals surface area contributed by atoms with Crippen LogP contribution in [0.2, 0.25) is 0 Å². The van der Waals surface area contributed by atoms with Crippen LogP contribution in [0.1, 0.15) is 49.5 Å². The third-order valence-electron chi connectivity index (χ3n) is 5.12. The van der Waals surface area contributed by atoms with Crippen molar-refractivity contribution in [2.24, 2.45) is 5.92 Å². The van der Waals surface area contributed by atoms with Gasteiger partial charge in [-0.05, 0) is 29.5 Å². The van der Waals surface area contributed by atoms with Gasteiger partial charge < -0.3 is 0 Å². The van der Waals surface area contributed by atoms with Crippen LogP contribution in [0.5, 0.6) is 0 Å². The minimum Gasteiger partial charge on any atom is -0.285 e. The molecule has 0 aliphatic heterocycles. The fourth-order valence-corrected chi connectivity index (χ4v) is 3.80. The van der Waals surface area contributed by atoms with Crippen molar-refractivity contribution in [3.8, 4) is 0 Å². The molecule has 134 valence electrons. The van der Waals surface area contributed by atoms with Crippen LogP contribution in [0.3, 0.4) is 0 Å². The molecule has 3 rings (SSSR count). The van der Waals surface area contributed by atoms with Gasteiger partial charge in [-0.15, -0.1) is 0 Å². The highest BCUT2D eigenvalue weighted by Crippen LogP contribution is 2.36. The SMILES string of the molecule is CC(C)[C@@H](c1ccccc1)N(Cc1ccccc1)[C@H](C)c1ccccc1. The summed E-state index contributed by atoms with van der Waals surface area (Å²) in [6.45, 7) is 7.92. The lowest BCUT2D eigenvalue weighted by Gasteiger charge is -2.39. The van der Waals surface area contributed by atoms with Crippen LogP contribution in [0.15, 0.2) is 91.0 Å². The third kappa shape index (κ3) is 4.42. The summed E-state index contributed by atoms with van der Waals surface area (Å²) >= 11 is 0. The van der Waals surface area contributed by atoms with Gasteiger partial charge in [-0.1, -0.05) is 105 Å². The molecule has 1 heteroatoms. The Balaban J connectivity index is 2.00. The zero-order valence-electron chi connectivity index (χ0n) is 16.0. The van der Waals surface area contributed by atoms with E-state index in [4.69, 9.17) is 0 Å². The van der Waals surface area contributed by atoms with Crippen molar-refractivity contribution in [3.05, 3.63) is 108 Å². The molecule has 0 amide bonds. The lowest BCUT2D eigenvalue weighted by Crippen LogP contribution is -2.34. The molecule has 0 aromatic heterocycles. The quantitative estimate of drug-likeness (QED) is 0.464. The van der Waals surface area contributed by atoms with Crippen LogP contribution in [0.4, 0.5) is 0 Å². The van der Waals surface area contributed by atoms with Gasteiger partial charge in [0.2, 0.25) is 0 Å². The Bertz CT molecular complexity index is 765. The first-order chi connectivity index (χ1) is 12.7. The summed E-state index contributed by atoms with van der Waals surface area (Å²) in [4.78, 5) is 2.64. The van der Waals surface area contributed by atoms with Gasteiger partial charge in [0, 0.05) is 18.6 Å². The first-order valence-electron chi connectivity index (χ1n) is 9.56. The first-order valence-corrected chi connectivity index (χ1v) is 9.56. The van der Waals surface area contributed by atoms with Gasteiger partial charge in [-0.25, -0.2) is 0 Å². The molecule has 0 aliphatic carbocycles. The summed E-state index contributed by atoms with van der Waals surface area (Å²) in [5.74, 6) is 0.521. The molecule has 3 aromatic rings. The van der Waals surface area contributed by atoms with Crippen LogP contribution in [-0.2, 0) is 6.54 Å². The van der Waals surface area contributed by atoms with Crippen LogP contribution in [0, 0.1) is 5.92 Å². The zero-order valence-corrected chi connectivity index (χ0v) is 16.0. The first kappa shape index (κ1) is 18.4. The molecule has 1 nitrogen and oxygen atoms in total. The minimum atomic E-state index is 0.337. The smallest absolute Gasteiger partial charge is 0.0380 e. The molecule has 2 atom stereocenters. The third-order valence-corrected chi connectivity index (χ3v) is 5.12. The van der Waals surface area contributed by atoms with Crippen LogP contribution < -0.4 is 0 Å². The van der Waals surface area contributed by atoms with E-state index in [0.717, 1.165) is 6.54 Å². The van der Waals surface area contributed by atoms with Crippen molar-refractivity contribution < 1.29 is 0 Å². The molecular weight excluding hydrogens is 314 g/mol. The van der Waals surface area contributed by atoms with E-state index in [2.05, 4.69) is 117 Å². The number of nitrogens with zero attached hydrogens (tertiary/aromatic N) is 1. The van der Waals surface area contributed by atoms with Crippen molar-refractivity contribution in [2.75, 3.05) is 0 Å². The van der Waals surface area contributed by atoms with Gasteiger partial charge in [0.05, 0.1) is 0 Å². The van der Waals surface area contributed by atoms with Crippen molar-refractivity contribution in [2.45, 2.75) is 39.4 Å². The Labute approximate surface area is 158 Å². The molecule has 0 fully saturated rings. The number of benzene rings is 3. The second-order valence-electron chi connectivity index (χ2n) is 7.34. The van der Waals surface area contributed by atoms with Crippen molar-refractivity contribution in [1.29, 1.82) is 0 Å². The van der Waals surface area contributed by atoms with E-state index in [9.17, 15) is 0 Å². The predicted molar refractivity (Wildman–Crippen MR) is 111 cm³/mol. The summed E-state index contributed by atoms with van der Waals surface area (Å²) < 4.78 is 0. The Morgan fingerprint density at radius 3 is 1.58 bits per heavy atom. The zero-order chi connectivity index (χ0) is 18.4. The van der Waals surface area contributed by atoms with Crippen LogP contribution in [-0.4, -0.2) is 4.90 Å². The number of rotatable bonds is 7. The largest absolute Gasteiger partial charge is 0.285 e. The lowest BCUT2D eigenvalue weighted by atomic mass is 9.91. The van der Waals surface area contributed by atoms with E-state index in [1.807, 2.05) is 0 Å². The number of hydrogen-bond donors (Lipinski definition) is 0. The average Bonchev–Trinajstić information content (AvgIpc) is 2.69. The van der Waals surface area contributed by atoms with E-state index in [0.29, 0.717) is 18.0 Å². The van der Waals surface area contributed by atoms with E-state index in [1.165, 1.54) is 16.7 Å².